The second kappa shape index (κ2) is 7.43. The molecule has 0 aliphatic heterocycles. The molecule has 0 saturated carbocycles. The summed E-state index contributed by atoms with van der Waals surface area (Å²) in [6, 6.07) is 16.9. The predicted molar refractivity (Wildman–Crippen MR) is 99.9 cm³/mol. The number of nitrogens with zero attached hydrogens (tertiary/aromatic N) is 3. The fraction of sp³-hybridized carbons (Fsp3) is 0.150. The van der Waals surface area contributed by atoms with Gasteiger partial charge >= 0.3 is 0 Å². The molecule has 136 valence electrons. The molecule has 7 heteroatoms. The predicted octanol–water partition coefficient (Wildman–Crippen LogP) is 2.85. The lowest BCUT2D eigenvalue weighted by atomic mass is 10.1. The van der Waals surface area contributed by atoms with Crippen molar-refractivity contribution < 1.29 is 14.4 Å². The van der Waals surface area contributed by atoms with Crippen molar-refractivity contribution >= 4 is 16.8 Å². The van der Waals surface area contributed by atoms with E-state index in [9.17, 15) is 9.90 Å². The van der Waals surface area contributed by atoms with E-state index in [4.69, 9.17) is 4.52 Å². The van der Waals surface area contributed by atoms with Gasteiger partial charge in [-0.05, 0) is 23.8 Å². The average molecular weight is 362 g/mol. The van der Waals surface area contributed by atoms with Gasteiger partial charge in [0.2, 0.25) is 0 Å². The van der Waals surface area contributed by atoms with Gasteiger partial charge in [-0.2, -0.15) is 5.10 Å². The Bertz CT molecular complexity index is 1060. The van der Waals surface area contributed by atoms with Crippen molar-refractivity contribution in [2.75, 3.05) is 13.2 Å². The van der Waals surface area contributed by atoms with Crippen LogP contribution in [0.2, 0.25) is 0 Å². The summed E-state index contributed by atoms with van der Waals surface area (Å²) >= 11 is 0. The summed E-state index contributed by atoms with van der Waals surface area (Å²) in [7, 11) is 0. The Morgan fingerprint density at radius 3 is 2.81 bits per heavy atom. The first-order valence-corrected chi connectivity index (χ1v) is 8.59. The first kappa shape index (κ1) is 17.0. The van der Waals surface area contributed by atoms with Crippen molar-refractivity contribution in [2.24, 2.45) is 0 Å². The van der Waals surface area contributed by atoms with Crippen molar-refractivity contribution in [3.8, 4) is 11.3 Å². The highest BCUT2D eigenvalue weighted by Gasteiger charge is 2.20. The van der Waals surface area contributed by atoms with Crippen molar-refractivity contribution in [3.63, 3.8) is 0 Å². The topological polar surface area (TPSA) is 95.2 Å². The lowest BCUT2D eigenvalue weighted by Crippen LogP contribution is -2.33. The van der Waals surface area contributed by atoms with Crippen LogP contribution in [-0.2, 0) is 6.54 Å². The van der Waals surface area contributed by atoms with E-state index in [1.807, 2.05) is 48.5 Å². The van der Waals surface area contributed by atoms with Gasteiger partial charge < -0.3 is 14.5 Å². The molecule has 0 atom stereocenters. The number of amides is 1. The first-order chi connectivity index (χ1) is 13.2. The number of hydrogen-bond donors (Lipinski definition) is 2. The molecule has 0 spiro atoms. The zero-order valence-electron chi connectivity index (χ0n) is 14.5. The third kappa shape index (κ3) is 3.58. The Morgan fingerprint density at radius 2 is 2.00 bits per heavy atom. The van der Waals surface area contributed by atoms with E-state index in [0.717, 1.165) is 22.0 Å². The third-order valence-electron chi connectivity index (χ3n) is 4.33. The van der Waals surface area contributed by atoms with Crippen molar-refractivity contribution in [3.05, 3.63) is 72.1 Å². The zero-order valence-corrected chi connectivity index (χ0v) is 14.5. The van der Waals surface area contributed by atoms with E-state index in [-0.39, 0.29) is 24.8 Å². The molecule has 0 bridgehead atoms. The lowest BCUT2D eigenvalue weighted by Gasteiger charge is -2.20. The van der Waals surface area contributed by atoms with Crippen molar-refractivity contribution in [1.29, 1.82) is 0 Å². The molecule has 2 N–H and O–H groups in total. The fourth-order valence-corrected chi connectivity index (χ4v) is 2.95. The van der Waals surface area contributed by atoms with Crippen LogP contribution in [0, 0.1) is 0 Å². The maximum atomic E-state index is 12.8. The second-order valence-electron chi connectivity index (χ2n) is 6.18. The van der Waals surface area contributed by atoms with Crippen LogP contribution >= 0.6 is 0 Å². The Kier molecular flexibility index (Phi) is 4.67. The number of aromatic nitrogens is 3. The van der Waals surface area contributed by atoms with E-state index in [1.54, 1.807) is 17.2 Å². The van der Waals surface area contributed by atoms with Crippen molar-refractivity contribution in [1.82, 2.24) is 20.3 Å². The largest absolute Gasteiger partial charge is 0.395 e. The normalized spacial score (nSPS) is 11.0. The second-order valence-corrected chi connectivity index (χ2v) is 6.18. The molecule has 0 unspecified atom stereocenters. The van der Waals surface area contributed by atoms with Gasteiger partial charge in [0, 0.05) is 30.1 Å². The average Bonchev–Trinajstić information content (AvgIpc) is 3.37. The van der Waals surface area contributed by atoms with Gasteiger partial charge in [0.05, 0.1) is 18.3 Å². The quantitative estimate of drug-likeness (QED) is 0.550. The molecule has 2 heterocycles. The molecule has 2 aromatic heterocycles. The Labute approximate surface area is 155 Å². The minimum Gasteiger partial charge on any atom is -0.395 e. The number of aromatic amines is 1. The summed E-state index contributed by atoms with van der Waals surface area (Å²) in [5.41, 5.74) is 2.92. The van der Waals surface area contributed by atoms with E-state index >= 15 is 0 Å². The summed E-state index contributed by atoms with van der Waals surface area (Å²) < 4.78 is 5.39. The molecule has 1 amide bonds. The highest BCUT2D eigenvalue weighted by molar-refractivity contribution is 5.93. The number of carbonyl (C=O) groups is 1. The third-order valence-corrected chi connectivity index (χ3v) is 4.33. The first-order valence-electron chi connectivity index (χ1n) is 8.59. The van der Waals surface area contributed by atoms with Crippen LogP contribution in [0.5, 0.6) is 0 Å². The summed E-state index contributed by atoms with van der Waals surface area (Å²) in [4.78, 5) is 14.4. The molecule has 0 fully saturated rings. The van der Waals surface area contributed by atoms with Gasteiger partial charge in [-0.15, -0.1) is 0 Å². The van der Waals surface area contributed by atoms with E-state index in [2.05, 4.69) is 15.4 Å². The van der Waals surface area contributed by atoms with Crippen LogP contribution in [0.15, 0.2) is 65.3 Å². The van der Waals surface area contributed by atoms with E-state index in [1.165, 1.54) is 0 Å². The summed E-state index contributed by atoms with van der Waals surface area (Å²) in [5.74, 6) is 0.220. The molecule has 4 rings (SSSR count). The maximum absolute atomic E-state index is 12.8. The summed E-state index contributed by atoms with van der Waals surface area (Å²) in [6.45, 7) is 0.487. The highest BCUT2D eigenvalue weighted by atomic mass is 16.5. The minimum absolute atomic E-state index is 0.125. The number of fused-ring (bicyclic) bond motifs is 1. The Morgan fingerprint density at radius 1 is 1.15 bits per heavy atom. The Hall–Kier alpha value is -3.45. The van der Waals surface area contributed by atoms with Crippen LogP contribution in [0.25, 0.3) is 22.2 Å². The number of H-pyrrole nitrogens is 1. The SMILES string of the molecule is O=C(c1cc(-c2ccc3[nH]ncc3c2)on1)N(CCO)Cc1ccccc1. The number of hydrogen-bond acceptors (Lipinski definition) is 5. The van der Waals surface area contributed by atoms with E-state index < -0.39 is 0 Å². The molecule has 0 aliphatic carbocycles. The highest BCUT2D eigenvalue weighted by Crippen LogP contribution is 2.24. The van der Waals surface area contributed by atoms with Gasteiger partial charge in [0.1, 0.15) is 0 Å². The number of aliphatic hydroxyl groups is 1. The number of benzene rings is 2. The van der Waals surface area contributed by atoms with Gasteiger partial charge in [-0.25, -0.2) is 0 Å². The number of aliphatic hydroxyl groups excluding tert-OH is 1. The van der Waals surface area contributed by atoms with Crippen LogP contribution in [0.4, 0.5) is 0 Å². The van der Waals surface area contributed by atoms with Crippen molar-refractivity contribution in [2.45, 2.75) is 6.54 Å². The molecule has 27 heavy (non-hydrogen) atoms. The standard InChI is InChI=1S/C20H18N4O3/c25-9-8-24(13-14-4-2-1-3-5-14)20(26)18-11-19(27-23-18)15-6-7-17-16(10-15)12-21-22-17/h1-7,10-12,25H,8-9,13H2,(H,21,22). The van der Waals surface area contributed by atoms with Crippen LogP contribution in [0.3, 0.4) is 0 Å². The molecule has 4 aromatic rings. The molecule has 0 radical (unpaired) electrons. The maximum Gasteiger partial charge on any atom is 0.276 e. The molecule has 0 saturated heterocycles. The van der Waals surface area contributed by atoms with Crippen LogP contribution in [0.1, 0.15) is 16.1 Å². The molecular weight excluding hydrogens is 344 g/mol. The minimum atomic E-state index is -0.285. The number of rotatable bonds is 6. The Balaban J connectivity index is 1.57. The number of carbonyl (C=O) groups excluding carboxylic acids is 1. The fourth-order valence-electron chi connectivity index (χ4n) is 2.95. The van der Waals surface area contributed by atoms with Gasteiger partial charge in [-0.1, -0.05) is 35.5 Å². The van der Waals surface area contributed by atoms with Gasteiger partial charge in [0.25, 0.3) is 5.91 Å². The zero-order chi connectivity index (χ0) is 18.6. The van der Waals surface area contributed by atoms with Gasteiger partial charge in [0.15, 0.2) is 11.5 Å². The monoisotopic (exact) mass is 362 g/mol. The van der Waals surface area contributed by atoms with Crippen LogP contribution < -0.4 is 0 Å². The molecule has 7 nitrogen and oxygen atoms in total. The van der Waals surface area contributed by atoms with Gasteiger partial charge in [-0.3, -0.25) is 9.89 Å². The number of nitrogens with one attached hydrogen (secondary N) is 1. The van der Waals surface area contributed by atoms with Crippen LogP contribution in [-0.4, -0.2) is 44.4 Å². The molecule has 2 aromatic carbocycles. The lowest BCUT2D eigenvalue weighted by molar-refractivity contribution is 0.0697. The summed E-state index contributed by atoms with van der Waals surface area (Å²) in [5, 5.41) is 21.1. The molecule has 0 aliphatic rings. The smallest absolute Gasteiger partial charge is 0.276 e. The summed E-state index contributed by atoms with van der Waals surface area (Å²) in [6.07, 6.45) is 1.73. The molecular formula is C20H18N4O3. The van der Waals surface area contributed by atoms with E-state index in [0.29, 0.717) is 12.3 Å².